The number of ether oxygens (including phenoxy) is 2. The van der Waals surface area contributed by atoms with E-state index in [1.807, 2.05) is 35.2 Å². The molecule has 8 nitrogen and oxygen atoms in total. The van der Waals surface area contributed by atoms with Crippen molar-refractivity contribution in [3.05, 3.63) is 54.4 Å². The topological polar surface area (TPSA) is 80.2 Å². The number of anilines is 2. The van der Waals surface area contributed by atoms with Gasteiger partial charge in [-0.05, 0) is 12.8 Å². The Morgan fingerprint density at radius 1 is 1.11 bits per heavy atom. The van der Waals surface area contributed by atoms with Crippen LogP contribution in [0.25, 0.3) is 5.82 Å². The number of methoxy groups -OCH3 is 2. The molecule has 0 spiro atoms. The van der Waals surface area contributed by atoms with Crippen LogP contribution in [0.15, 0.2) is 42.9 Å². The van der Waals surface area contributed by atoms with Crippen molar-refractivity contribution in [1.82, 2.24) is 19.7 Å². The van der Waals surface area contributed by atoms with Gasteiger partial charge < -0.3 is 19.7 Å². The van der Waals surface area contributed by atoms with Crippen LogP contribution < -0.4 is 19.7 Å². The zero-order chi connectivity index (χ0) is 19.1. The van der Waals surface area contributed by atoms with Gasteiger partial charge in [0.15, 0.2) is 5.82 Å². The molecule has 2 N–H and O–H groups in total. The van der Waals surface area contributed by atoms with Crippen molar-refractivity contribution < 1.29 is 9.47 Å². The predicted octanol–water partition coefficient (Wildman–Crippen LogP) is 3.39. The molecule has 1 fully saturated rings. The fourth-order valence-corrected chi connectivity index (χ4v) is 3.43. The highest BCUT2D eigenvalue weighted by Crippen LogP contribution is 2.39. The predicted molar refractivity (Wildman–Crippen MR) is 106 cm³/mol. The number of H-pyrrole nitrogens is 1. The lowest BCUT2D eigenvalue weighted by Crippen LogP contribution is -2.27. The average Bonchev–Trinajstić information content (AvgIpc) is 3.28. The fourth-order valence-electron chi connectivity index (χ4n) is 3.43. The molecule has 0 amide bonds. The van der Waals surface area contributed by atoms with Crippen molar-refractivity contribution in [2.45, 2.75) is 25.3 Å². The molecule has 8 heteroatoms. The first-order valence-electron chi connectivity index (χ1n) is 9.30. The van der Waals surface area contributed by atoms with Gasteiger partial charge in [-0.15, -0.1) is 0 Å². The van der Waals surface area contributed by atoms with Crippen molar-refractivity contribution in [1.29, 1.82) is 0 Å². The zero-order valence-electron chi connectivity index (χ0n) is 15.8. The van der Waals surface area contributed by atoms with E-state index in [1.54, 1.807) is 20.4 Å². The second kappa shape index (κ2) is 6.63. The number of nitrogens with one attached hydrogen (secondary N) is 2. The number of hydrogen-bond donors (Lipinski definition) is 2. The fraction of sp³-hybridized carbons (Fsp3) is 0.300. The molecular formula is C20H22N6O2. The first-order chi connectivity index (χ1) is 13.7. The van der Waals surface area contributed by atoms with Crippen molar-refractivity contribution in [2.24, 2.45) is 0 Å². The molecule has 2 aromatic heterocycles. The van der Waals surface area contributed by atoms with Crippen molar-refractivity contribution in [3.63, 3.8) is 0 Å². The number of benzene rings is 1. The maximum Gasteiger partial charge on any atom is 0.153 e. The first-order valence-corrected chi connectivity index (χ1v) is 9.30. The van der Waals surface area contributed by atoms with E-state index in [0.29, 0.717) is 12.5 Å². The Bertz CT molecular complexity index is 1010. The lowest BCUT2D eigenvalue weighted by Gasteiger charge is -2.28. The second-order valence-electron chi connectivity index (χ2n) is 7.03. The second-order valence-corrected chi connectivity index (χ2v) is 7.03. The highest BCUT2D eigenvalue weighted by Gasteiger charge is 2.26. The van der Waals surface area contributed by atoms with E-state index in [9.17, 15) is 0 Å². The van der Waals surface area contributed by atoms with Crippen molar-refractivity contribution >= 4 is 17.3 Å². The maximum absolute atomic E-state index is 5.42. The Kier molecular flexibility index (Phi) is 3.96. The van der Waals surface area contributed by atoms with Gasteiger partial charge in [-0.25, -0.2) is 4.98 Å². The van der Waals surface area contributed by atoms with Gasteiger partial charge in [0.05, 0.1) is 20.8 Å². The molecule has 1 aliphatic carbocycles. The molecule has 3 aromatic rings. The third-order valence-corrected chi connectivity index (χ3v) is 5.11. The Labute approximate surface area is 162 Å². The van der Waals surface area contributed by atoms with E-state index in [2.05, 4.69) is 31.5 Å². The van der Waals surface area contributed by atoms with Crippen LogP contribution in [-0.4, -0.2) is 34.0 Å². The summed E-state index contributed by atoms with van der Waals surface area (Å²) in [4.78, 5) is 6.62. The summed E-state index contributed by atoms with van der Waals surface area (Å²) in [5.41, 5.74) is 2.16. The average molecular weight is 378 g/mol. The Morgan fingerprint density at radius 3 is 2.61 bits per heavy atom. The highest BCUT2D eigenvalue weighted by molar-refractivity contribution is 5.69. The van der Waals surface area contributed by atoms with Crippen molar-refractivity contribution in [2.75, 3.05) is 24.4 Å². The summed E-state index contributed by atoms with van der Waals surface area (Å²) in [6.07, 6.45) is 8.28. The molecule has 5 rings (SSSR count). The van der Waals surface area contributed by atoms with Gasteiger partial charge in [-0.3, -0.25) is 9.67 Å². The van der Waals surface area contributed by atoms with Gasteiger partial charge in [0, 0.05) is 60.2 Å². The van der Waals surface area contributed by atoms with Gasteiger partial charge in [0.2, 0.25) is 0 Å². The monoisotopic (exact) mass is 378 g/mol. The molecule has 1 aromatic carbocycles. The molecule has 1 saturated carbocycles. The summed E-state index contributed by atoms with van der Waals surface area (Å²) in [5, 5.41) is 11.0. The van der Waals surface area contributed by atoms with E-state index in [4.69, 9.17) is 9.47 Å². The largest absolute Gasteiger partial charge is 0.497 e. The lowest BCUT2D eigenvalue weighted by molar-refractivity contribution is 0.394. The molecule has 2 aliphatic rings. The molecule has 3 heterocycles. The Hall–Kier alpha value is -3.42. The van der Waals surface area contributed by atoms with Crippen LogP contribution in [0.3, 0.4) is 0 Å². The minimum atomic E-state index is 0.632. The molecule has 1 aliphatic heterocycles. The molecule has 0 bridgehead atoms. The minimum Gasteiger partial charge on any atom is -0.497 e. The van der Waals surface area contributed by atoms with Crippen LogP contribution in [-0.2, 0) is 6.54 Å². The number of aromatic amines is 1. The van der Waals surface area contributed by atoms with Crippen molar-refractivity contribution in [3.8, 4) is 11.5 Å². The smallest absolute Gasteiger partial charge is 0.153 e. The minimum absolute atomic E-state index is 0.632. The molecule has 0 unspecified atom stereocenters. The molecule has 144 valence electrons. The number of aromatic nitrogens is 4. The first kappa shape index (κ1) is 16.7. The van der Waals surface area contributed by atoms with Crippen LogP contribution in [0.1, 0.15) is 30.3 Å². The molecule has 0 saturated heterocycles. The molecular weight excluding hydrogens is 356 g/mol. The summed E-state index contributed by atoms with van der Waals surface area (Å²) < 4.78 is 12.9. The summed E-state index contributed by atoms with van der Waals surface area (Å²) in [5.74, 6) is 4.74. The number of rotatable bonds is 6. The summed E-state index contributed by atoms with van der Waals surface area (Å²) in [6.45, 7) is 0.641. The third-order valence-electron chi connectivity index (χ3n) is 5.11. The van der Waals surface area contributed by atoms with Gasteiger partial charge in [0.1, 0.15) is 23.1 Å². The van der Waals surface area contributed by atoms with E-state index in [-0.39, 0.29) is 0 Å². The van der Waals surface area contributed by atoms with Crippen LogP contribution in [0, 0.1) is 0 Å². The van der Waals surface area contributed by atoms with Crippen LogP contribution in [0.4, 0.5) is 11.5 Å². The standard InChI is InChI=1S/C20H22N6O2/c1-27-15-7-14(8-16(9-15)28-2)25-11-19-21-5-6-26(19)20(12-25)22-18-10-17(23-24-18)13-3-4-13/h5-10,12-13H,3-4,11H2,1-2H3,(H2,22,23,24). The third kappa shape index (κ3) is 3.06. The van der Waals surface area contributed by atoms with E-state index in [1.165, 1.54) is 18.5 Å². The Morgan fingerprint density at radius 2 is 1.89 bits per heavy atom. The number of imidazole rings is 1. The maximum atomic E-state index is 5.42. The molecule has 0 atom stereocenters. The van der Waals surface area contributed by atoms with Gasteiger partial charge in [-0.1, -0.05) is 0 Å². The quantitative estimate of drug-likeness (QED) is 0.684. The SMILES string of the molecule is COc1cc(OC)cc(N2C=C(Nc3cc(C4CC4)[nH]n3)n3ccnc3C2)c1. The van der Waals surface area contributed by atoms with E-state index in [0.717, 1.165) is 34.6 Å². The lowest BCUT2D eigenvalue weighted by atomic mass is 10.2. The summed E-state index contributed by atoms with van der Waals surface area (Å²) in [7, 11) is 3.30. The van der Waals surface area contributed by atoms with Crippen LogP contribution >= 0.6 is 0 Å². The normalized spacial score (nSPS) is 15.8. The molecule has 28 heavy (non-hydrogen) atoms. The highest BCUT2D eigenvalue weighted by atomic mass is 16.5. The van der Waals surface area contributed by atoms with Crippen LogP contribution in [0.5, 0.6) is 11.5 Å². The van der Waals surface area contributed by atoms with Gasteiger partial charge in [0.25, 0.3) is 0 Å². The van der Waals surface area contributed by atoms with E-state index >= 15 is 0 Å². The summed E-state index contributed by atoms with van der Waals surface area (Å²) in [6, 6.07) is 7.91. The Balaban J connectivity index is 1.48. The van der Waals surface area contributed by atoms with Gasteiger partial charge in [-0.2, -0.15) is 5.10 Å². The zero-order valence-corrected chi connectivity index (χ0v) is 15.8. The van der Waals surface area contributed by atoms with E-state index < -0.39 is 0 Å². The number of nitrogens with zero attached hydrogens (tertiary/aromatic N) is 4. The van der Waals surface area contributed by atoms with Gasteiger partial charge >= 0.3 is 0 Å². The number of hydrogen-bond acceptors (Lipinski definition) is 6. The number of fused-ring (bicyclic) bond motifs is 1. The molecule has 0 radical (unpaired) electrons. The summed E-state index contributed by atoms with van der Waals surface area (Å²) >= 11 is 0. The van der Waals surface area contributed by atoms with Crippen LogP contribution in [0.2, 0.25) is 0 Å².